The molecule has 120 valence electrons. The predicted molar refractivity (Wildman–Crippen MR) is 93.1 cm³/mol. The third-order valence-electron chi connectivity index (χ3n) is 3.07. The fourth-order valence-corrected chi connectivity index (χ4v) is 2.18. The molecule has 6 heteroatoms. The van der Waals surface area contributed by atoms with Crippen molar-refractivity contribution in [1.29, 1.82) is 0 Å². The maximum Gasteiger partial charge on any atom is 0.187 e. The Bertz CT molecular complexity index is 745. The Morgan fingerprint density at radius 1 is 1.00 bits per heavy atom. The van der Waals surface area contributed by atoms with E-state index in [0.29, 0.717) is 27.1 Å². The number of carbonyl (C=O) groups is 1. The molecule has 0 aromatic heterocycles. The zero-order valence-corrected chi connectivity index (χ0v) is 14.1. The highest BCUT2D eigenvalue weighted by atomic mass is 35.5. The molecule has 2 aromatic carbocycles. The Hall–Kier alpha value is -2.17. The van der Waals surface area contributed by atoms with Crippen molar-refractivity contribution in [3.8, 4) is 11.5 Å². The number of anilines is 1. The lowest BCUT2D eigenvalue weighted by Crippen LogP contribution is -1.97. The molecular formula is C17H15Cl2NO3. The minimum atomic E-state index is -0.184. The second-order valence-corrected chi connectivity index (χ2v) is 5.35. The molecule has 0 bridgehead atoms. The van der Waals surface area contributed by atoms with Gasteiger partial charge in [0.1, 0.15) is 0 Å². The molecule has 0 spiro atoms. The molecule has 0 radical (unpaired) electrons. The summed E-state index contributed by atoms with van der Waals surface area (Å²) < 4.78 is 10.4. The first kappa shape index (κ1) is 17.2. The number of nitrogens with one attached hydrogen (secondary N) is 1. The molecule has 0 amide bonds. The number of rotatable bonds is 6. The number of methoxy groups -OCH3 is 2. The van der Waals surface area contributed by atoms with Gasteiger partial charge in [0.15, 0.2) is 17.3 Å². The summed E-state index contributed by atoms with van der Waals surface area (Å²) in [5.41, 5.74) is 1.23. The lowest BCUT2D eigenvalue weighted by Gasteiger charge is -2.09. The first-order valence-corrected chi connectivity index (χ1v) is 7.45. The Morgan fingerprint density at radius 3 is 2.39 bits per heavy atom. The van der Waals surface area contributed by atoms with Gasteiger partial charge in [0.25, 0.3) is 0 Å². The van der Waals surface area contributed by atoms with E-state index in [0.717, 1.165) is 5.69 Å². The summed E-state index contributed by atoms with van der Waals surface area (Å²) >= 11 is 11.7. The molecule has 0 aliphatic rings. The van der Waals surface area contributed by atoms with Gasteiger partial charge in [-0.3, -0.25) is 4.79 Å². The summed E-state index contributed by atoms with van der Waals surface area (Å²) in [7, 11) is 3.13. The number of ether oxygens (including phenoxy) is 2. The highest BCUT2D eigenvalue weighted by Gasteiger charge is 2.06. The molecule has 0 unspecified atom stereocenters. The van der Waals surface area contributed by atoms with E-state index in [-0.39, 0.29) is 5.78 Å². The van der Waals surface area contributed by atoms with Crippen LogP contribution < -0.4 is 14.8 Å². The summed E-state index contributed by atoms with van der Waals surface area (Å²) in [5.74, 6) is 1.05. The van der Waals surface area contributed by atoms with E-state index < -0.39 is 0 Å². The van der Waals surface area contributed by atoms with Crippen molar-refractivity contribution in [2.75, 3.05) is 19.5 Å². The van der Waals surface area contributed by atoms with Gasteiger partial charge in [-0.05, 0) is 30.3 Å². The molecule has 0 saturated carbocycles. The first-order chi connectivity index (χ1) is 11.0. The molecule has 0 saturated heterocycles. The Morgan fingerprint density at radius 2 is 1.74 bits per heavy atom. The van der Waals surface area contributed by atoms with Crippen molar-refractivity contribution in [3.05, 3.63) is 64.3 Å². The number of halogens is 2. The van der Waals surface area contributed by atoms with Crippen molar-refractivity contribution < 1.29 is 14.3 Å². The summed E-state index contributed by atoms with van der Waals surface area (Å²) in [6, 6.07) is 10.1. The molecule has 0 aliphatic carbocycles. The van der Waals surface area contributed by atoms with Crippen LogP contribution in [0.1, 0.15) is 10.4 Å². The van der Waals surface area contributed by atoms with Crippen molar-refractivity contribution in [2.45, 2.75) is 0 Å². The maximum atomic E-state index is 12.0. The van der Waals surface area contributed by atoms with E-state index in [1.165, 1.54) is 12.1 Å². The van der Waals surface area contributed by atoms with Gasteiger partial charge in [-0.15, -0.1) is 0 Å². The topological polar surface area (TPSA) is 47.6 Å². The van der Waals surface area contributed by atoms with Gasteiger partial charge in [0, 0.05) is 29.6 Å². The third-order valence-corrected chi connectivity index (χ3v) is 3.81. The zero-order chi connectivity index (χ0) is 16.8. The summed E-state index contributed by atoms with van der Waals surface area (Å²) in [5, 5.41) is 3.76. The van der Waals surface area contributed by atoms with Crippen LogP contribution in [0.2, 0.25) is 10.0 Å². The number of ketones is 1. The molecule has 0 atom stereocenters. The van der Waals surface area contributed by atoms with Crippen LogP contribution in [-0.2, 0) is 0 Å². The first-order valence-electron chi connectivity index (χ1n) is 6.69. The molecule has 0 heterocycles. The van der Waals surface area contributed by atoms with Crippen LogP contribution in [-0.4, -0.2) is 20.0 Å². The molecule has 4 nitrogen and oxygen atoms in total. The predicted octanol–water partition coefficient (Wildman–Crippen LogP) is 4.82. The monoisotopic (exact) mass is 351 g/mol. The van der Waals surface area contributed by atoms with Crippen LogP contribution in [0, 0.1) is 0 Å². The number of benzene rings is 2. The van der Waals surface area contributed by atoms with E-state index in [1.807, 2.05) is 6.07 Å². The quantitative estimate of drug-likeness (QED) is 0.598. The maximum absolute atomic E-state index is 12.0. The SMILES string of the molecule is COc1ccc(N/C=C/C(=O)c2ccc(Cl)c(Cl)c2)cc1OC. The number of carbonyl (C=O) groups excluding carboxylic acids is 1. The largest absolute Gasteiger partial charge is 0.493 e. The van der Waals surface area contributed by atoms with Crippen LogP contribution in [0.25, 0.3) is 0 Å². The van der Waals surface area contributed by atoms with E-state index in [1.54, 1.807) is 44.7 Å². The Labute approximate surface area is 144 Å². The summed E-state index contributed by atoms with van der Waals surface area (Å²) in [4.78, 5) is 12.0. The number of allylic oxidation sites excluding steroid dienone is 1. The van der Waals surface area contributed by atoms with Crippen LogP contribution >= 0.6 is 23.2 Å². The third kappa shape index (κ3) is 4.41. The zero-order valence-electron chi connectivity index (χ0n) is 12.6. The van der Waals surface area contributed by atoms with Gasteiger partial charge in [0.2, 0.25) is 0 Å². The van der Waals surface area contributed by atoms with E-state index in [4.69, 9.17) is 32.7 Å². The van der Waals surface area contributed by atoms with Crippen molar-refractivity contribution in [2.24, 2.45) is 0 Å². The Balaban J connectivity index is 2.06. The molecule has 2 aromatic rings. The fraction of sp³-hybridized carbons (Fsp3) is 0.118. The van der Waals surface area contributed by atoms with Crippen LogP contribution in [0.3, 0.4) is 0 Å². The van der Waals surface area contributed by atoms with Crippen molar-refractivity contribution >= 4 is 34.7 Å². The minimum Gasteiger partial charge on any atom is -0.493 e. The highest BCUT2D eigenvalue weighted by molar-refractivity contribution is 6.42. The van der Waals surface area contributed by atoms with Gasteiger partial charge in [-0.2, -0.15) is 0 Å². The lowest BCUT2D eigenvalue weighted by molar-refractivity contribution is 0.104. The number of hydrogen-bond acceptors (Lipinski definition) is 4. The second kappa shape index (κ2) is 7.90. The molecule has 1 N–H and O–H groups in total. The van der Waals surface area contributed by atoms with Crippen LogP contribution in [0.15, 0.2) is 48.7 Å². The molecule has 0 aliphatic heterocycles. The standard InChI is InChI=1S/C17H15Cl2NO3/c1-22-16-6-4-12(10-17(16)23-2)20-8-7-15(21)11-3-5-13(18)14(19)9-11/h3-10,20H,1-2H3/b8-7+. The normalized spacial score (nSPS) is 10.6. The second-order valence-electron chi connectivity index (χ2n) is 4.54. The summed E-state index contributed by atoms with van der Waals surface area (Å²) in [6.45, 7) is 0. The van der Waals surface area contributed by atoms with E-state index in [2.05, 4.69) is 5.32 Å². The number of hydrogen-bond donors (Lipinski definition) is 1. The van der Waals surface area contributed by atoms with Gasteiger partial charge in [-0.1, -0.05) is 23.2 Å². The van der Waals surface area contributed by atoms with Gasteiger partial charge >= 0.3 is 0 Å². The van der Waals surface area contributed by atoms with E-state index in [9.17, 15) is 4.79 Å². The smallest absolute Gasteiger partial charge is 0.187 e. The Kier molecular flexibility index (Phi) is 5.90. The fourth-order valence-electron chi connectivity index (χ4n) is 1.89. The van der Waals surface area contributed by atoms with Gasteiger partial charge in [0.05, 0.1) is 24.3 Å². The van der Waals surface area contributed by atoms with E-state index >= 15 is 0 Å². The lowest BCUT2D eigenvalue weighted by atomic mass is 10.1. The summed E-state index contributed by atoms with van der Waals surface area (Å²) in [6.07, 6.45) is 2.96. The van der Waals surface area contributed by atoms with Gasteiger partial charge < -0.3 is 14.8 Å². The van der Waals surface area contributed by atoms with Crippen molar-refractivity contribution in [1.82, 2.24) is 0 Å². The highest BCUT2D eigenvalue weighted by Crippen LogP contribution is 2.29. The average Bonchev–Trinajstić information content (AvgIpc) is 2.57. The van der Waals surface area contributed by atoms with Crippen molar-refractivity contribution in [3.63, 3.8) is 0 Å². The minimum absolute atomic E-state index is 0.184. The van der Waals surface area contributed by atoms with Crippen LogP contribution in [0.4, 0.5) is 5.69 Å². The average molecular weight is 352 g/mol. The molecule has 23 heavy (non-hydrogen) atoms. The molecular weight excluding hydrogens is 337 g/mol. The van der Waals surface area contributed by atoms with Gasteiger partial charge in [-0.25, -0.2) is 0 Å². The van der Waals surface area contributed by atoms with Crippen LogP contribution in [0.5, 0.6) is 11.5 Å². The molecule has 2 rings (SSSR count). The molecule has 0 fully saturated rings.